The molecule has 0 aromatic carbocycles. The second-order valence-corrected chi connectivity index (χ2v) is 2.12. The van der Waals surface area contributed by atoms with Gasteiger partial charge >= 0.3 is 5.97 Å². The molecule has 11 heavy (non-hydrogen) atoms. The van der Waals surface area contributed by atoms with Gasteiger partial charge in [-0.05, 0) is 0 Å². The van der Waals surface area contributed by atoms with Crippen molar-refractivity contribution < 1.29 is 9.90 Å². The molecule has 0 saturated heterocycles. The molecule has 0 saturated carbocycles. The third-order valence-corrected chi connectivity index (χ3v) is 1.17. The standard InChI is InChI=1S/C7H7NO3/c9-6-1-2-8-5(3-6)4-7(10)11/h1-3H,4H2,(H,8,9)(H,10,11). The number of H-pyrrole nitrogens is 1. The van der Waals surface area contributed by atoms with E-state index in [0.717, 1.165) is 0 Å². The second kappa shape index (κ2) is 3.01. The first-order valence-corrected chi connectivity index (χ1v) is 3.08. The maximum atomic E-state index is 10.7. The molecule has 1 heterocycles. The van der Waals surface area contributed by atoms with Gasteiger partial charge in [-0.25, -0.2) is 0 Å². The minimum absolute atomic E-state index is 0.143. The van der Waals surface area contributed by atoms with E-state index in [9.17, 15) is 9.59 Å². The SMILES string of the molecule is O=C(O)Cc1cc(=O)cc[nH]1. The van der Waals surface area contributed by atoms with Gasteiger partial charge in [-0.2, -0.15) is 0 Å². The van der Waals surface area contributed by atoms with E-state index in [4.69, 9.17) is 5.11 Å². The lowest BCUT2D eigenvalue weighted by Crippen LogP contribution is -2.06. The molecule has 0 fully saturated rings. The van der Waals surface area contributed by atoms with E-state index in [1.807, 2.05) is 0 Å². The van der Waals surface area contributed by atoms with Crippen molar-refractivity contribution in [2.75, 3.05) is 0 Å². The van der Waals surface area contributed by atoms with E-state index in [1.165, 1.54) is 18.3 Å². The van der Waals surface area contributed by atoms with Gasteiger partial charge in [0.1, 0.15) is 0 Å². The minimum atomic E-state index is -0.952. The summed E-state index contributed by atoms with van der Waals surface area (Å²) in [6.45, 7) is 0. The highest BCUT2D eigenvalue weighted by atomic mass is 16.4. The Morgan fingerprint density at radius 1 is 1.64 bits per heavy atom. The average molecular weight is 153 g/mol. The molecule has 1 aromatic heterocycles. The lowest BCUT2D eigenvalue weighted by atomic mass is 10.3. The molecule has 1 aromatic rings. The molecular weight excluding hydrogens is 146 g/mol. The van der Waals surface area contributed by atoms with Gasteiger partial charge in [0.2, 0.25) is 0 Å². The molecule has 0 amide bonds. The maximum Gasteiger partial charge on any atom is 0.309 e. The number of aliphatic carboxylic acids is 1. The number of hydrogen-bond donors (Lipinski definition) is 2. The topological polar surface area (TPSA) is 70.2 Å². The Bertz CT molecular complexity index is 315. The van der Waals surface area contributed by atoms with E-state index in [1.54, 1.807) is 0 Å². The number of pyridine rings is 1. The van der Waals surface area contributed by atoms with Gasteiger partial charge in [0.15, 0.2) is 5.43 Å². The summed E-state index contributed by atoms with van der Waals surface area (Å²) in [6.07, 6.45) is 1.29. The molecule has 0 aliphatic heterocycles. The van der Waals surface area contributed by atoms with Crippen LogP contribution in [0.15, 0.2) is 23.1 Å². The van der Waals surface area contributed by atoms with E-state index in [2.05, 4.69) is 4.98 Å². The number of aromatic nitrogens is 1. The van der Waals surface area contributed by atoms with E-state index in [-0.39, 0.29) is 11.8 Å². The number of aromatic amines is 1. The molecule has 0 spiro atoms. The zero-order valence-corrected chi connectivity index (χ0v) is 5.70. The first kappa shape index (κ1) is 7.53. The van der Waals surface area contributed by atoms with Gasteiger partial charge in [0, 0.05) is 24.0 Å². The molecule has 0 aliphatic carbocycles. The van der Waals surface area contributed by atoms with Gasteiger partial charge in [-0.3, -0.25) is 9.59 Å². The Morgan fingerprint density at radius 3 is 2.91 bits per heavy atom. The summed E-state index contributed by atoms with van der Waals surface area (Å²) in [5.74, 6) is -0.952. The Hall–Kier alpha value is -1.58. The highest BCUT2D eigenvalue weighted by Crippen LogP contribution is 1.89. The molecule has 4 nitrogen and oxygen atoms in total. The molecule has 0 atom stereocenters. The van der Waals surface area contributed by atoms with Crippen LogP contribution in [0, 0.1) is 0 Å². The lowest BCUT2D eigenvalue weighted by molar-refractivity contribution is -0.136. The zero-order valence-electron chi connectivity index (χ0n) is 5.70. The van der Waals surface area contributed by atoms with E-state index < -0.39 is 5.97 Å². The van der Waals surface area contributed by atoms with Crippen LogP contribution in [0.1, 0.15) is 5.69 Å². The van der Waals surface area contributed by atoms with Crippen molar-refractivity contribution in [1.82, 2.24) is 4.98 Å². The maximum absolute atomic E-state index is 10.7. The Morgan fingerprint density at radius 2 is 2.36 bits per heavy atom. The summed E-state index contributed by atoms with van der Waals surface area (Å²) in [6, 6.07) is 2.61. The molecule has 4 heteroatoms. The smallest absolute Gasteiger partial charge is 0.309 e. The molecule has 0 unspecified atom stereocenters. The zero-order chi connectivity index (χ0) is 8.27. The average Bonchev–Trinajstić information content (AvgIpc) is 1.85. The molecule has 2 N–H and O–H groups in total. The van der Waals surface area contributed by atoms with Crippen LogP contribution in [0.4, 0.5) is 0 Å². The highest BCUT2D eigenvalue weighted by Gasteiger charge is 1.99. The van der Waals surface area contributed by atoms with Crippen LogP contribution in [0.25, 0.3) is 0 Å². The summed E-state index contributed by atoms with van der Waals surface area (Å²) < 4.78 is 0. The van der Waals surface area contributed by atoms with E-state index in [0.29, 0.717) is 5.69 Å². The third kappa shape index (κ3) is 2.25. The fourth-order valence-electron chi connectivity index (χ4n) is 0.757. The van der Waals surface area contributed by atoms with E-state index >= 15 is 0 Å². The summed E-state index contributed by atoms with van der Waals surface area (Å²) in [4.78, 5) is 23.5. The largest absolute Gasteiger partial charge is 0.481 e. The normalized spacial score (nSPS) is 9.45. The fraction of sp³-hybridized carbons (Fsp3) is 0.143. The Kier molecular flexibility index (Phi) is 2.06. The van der Waals surface area contributed by atoms with Gasteiger partial charge in [0.05, 0.1) is 6.42 Å². The first-order valence-electron chi connectivity index (χ1n) is 3.08. The molecule has 1 rings (SSSR count). The van der Waals surface area contributed by atoms with Crippen LogP contribution in [0.2, 0.25) is 0 Å². The number of nitrogens with one attached hydrogen (secondary N) is 1. The van der Waals surface area contributed by atoms with Crippen LogP contribution >= 0.6 is 0 Å². The van der Waals surface area contributed by atoms with Crippen molar-refractivity contribution in [2.45, 2.75) is 6.42 Å². The first-order chi connectivity index (χ1) is 5.18. The number of hydrogen-bond acceptors (Lipinski definition) is 2. The Labute approximate surface area is 62.5 Å². The van der Waals surface area contributed by atoms with Gasteiger partial charge in [-0.15, -0.1) is 0 Å². The number of carbonyl (C=O) groups is 1. The molecular formula is C7H7NO3. The summed E-state index contributed by atoms with van der Waals surface area (Å²) >= 11 is 0. The monoisotopic (exact) mass is 153 g/mol. The van der Waals surface area contributed by atoms with Gasteiger partial charge in [0.25, 0.3) is 0 Å². The van der Waals surface area contributed by atoms with Crippen LogP contribution in [0.3, 0.4) is 0 Å². The van der Waals surface area contributed by atoms with Crippen molar-refractivity contribution >= 4 is 5.97 Å². The summed E-state index contributed by atoms with van der Waals surface area (Å²) in [5, 5.41) is 8.34. The van der Waals surface area contributed by atoms with Crippen LogP contribution in [-0.4, -0.2) is 16.1 Å². The quantitative estimate of drug-likeness (QED) is 0.628. The second-order valence-electron chi connectivity index (χ2n) is 2.12. The molecule has 58 valence electrons. The molecule has 0 bridgehead atoms. The highest BCUT2D eigenvalue weighted by molar-refractivity contribution is 5.69. The van der Waals surface area contributed by atoms with Crippen molar-refractivity contribution in [3.8, 4) is 0 Å². The van der Waals surface area contributed by atoms with Crippen molar-refractivity contribution in [3.63, 3.8) is 0 Å². The van der Waals surface area contributed by atoms with Gasteiger partial charge in [-0.1, -0.05) is 0 Å². The summed E-state index contributed by atoms with van der Waals surface area (Å²) in [5.41, 5.74) is 0.241. The summed E-state index contributed by atoms with van der Waals surface area (Å²) in [7, 11) is 0. The number of carboxylic acids is 1. The van der Waals surface area contributed by atoms with Crippen LogP contribution in [-0.2, 0) is 11.2 Å². The number of carboxylic acid groups (broad SMARTS) is 1. The number of rotatable bonds is 2. The van der Waals surface area contributed by atoms with Crippen molar-refractivity contribution in [1.29, 1.82) is 0 Å². The predicted molar refractivity (Wildman–Crippen MR) is 38.4 cm³/mol. The van der Waals surface area contributed by atoms with Crippen molar-refractivity contribution in [3.05, 3.63) is 34.2 Å². The van der Waals surface area contributed by atoms with Crippen LogP contribution in [0.5, 0.6) is 0 Å². The fourth-order valence-corrected chi connectivity index (χ4v) is 0.757. The van der Waals surface area contributed by atoms with Crippen molar-refractivity contribution in [2.24, 2.45) is 0 Å². The third-order valence-electron chi connectivity index (χ3n) is 1.17. The Balaban J connectivity index is 2.88. The lowest BCUT2D eigenvalue weighted by Gasteiger charge is -1.93. The molecule has 0 aliphatic rings. The van der Waals surface area contributed by atoms with Gasteiger partial charge < -0.3 is 10.1 Å². The van der Waals surface area contributed by atoms with Crippen LogP contribution < -0.4 is 5.43 Å². The predicted octanol–water partition coefficient (Wildman–Crippen LogP) is 0.00200. The molecule has 0 radical (unpaired) electrons. The minimum Gasteiger partial charge on any atom is -0.481 e.